The molecule has 0 amide bonds. The molecule has 4 aliphatic rings. The maximum absolute atomic E-state index is 4.10. The Morgan fingerprint density at radius 3 is 2.40 bits per heavy atom. The van der Waals surface area contributed by atoms with Crippen molar-refractivity contribution >= 4 is 0 Å². The Labute approximate surface area is 219 Å². The lowest BCUT2D eigenvalue weighted by Gasteiger charge is -2.41. The lowest BCUT2D eigenvalue weighted by Crippen LogP contribution is -2.32. The van der Waals surface area contributed by atoms with Crippen molar-refractivity contribution < 1.29 is 0 Å². The predicted molar refractivity (Wildman–Crippen MR) is 159 cm³/mol. The van der Waals surface area contributed by atoms with E-state index < -0.39 is 0 Å². The molecule has 0 aromatic rings. The Kier molecular flexibility index (Phi) is 12.1. The Balaban J connectivity index is 0.000000803. The molecule has 0 nitrogen and oxygen atoms in total. The Bertz CT molecular complexity index is 841. The van der Waals surface area contributed by atoms with Crippen molar-refractivity contribution in [3.8, 4) is 0 Å². The predicted octanol–water partition coefficient (Wildman–Crippen LogP) is 11.3. The summed E-state index contributed by atoms with van der Waals surface area (Å²) < 4.78 is 0. The maximum atomic E-state index is 4.10. The molecule has 4 rings (SSSR count). The van der Waals surface area contributed by atoms with Gasteiger partial charge in [-0.1, -0.05) is 115 Å². The first kappa shape index (κ1) is 29.7. The molecule has 5 unspecified atom stereocenters. The van der Waals surface area contributed by atoms with Crippen molar-refractivity contribution in [1.29, 1.82) is 0 Å². The molecule has 35 heavy (non-hydrogen) atoms. The Morgan fingerprint density at radius 1 is 1.06 bits per heavy atom. The summed E-state index contributed by atoms with van der Waals surface area (Å²) in [6, 6.07) is 0. The van der Waals surface area contributed by atoms with E-state index in [9.17, 15) is 0 Å². The molecular weight excluding hydrogens is 420 g/mol. The van der Waals surface area contributed by atoms with Crippen LogP contribution >= 0.6 is 0 Å². The zero-order valence-corrected chi connectivity index (χ0v) is 24.6. The summed E-state index contributed by atoms with van der Waals surface area (Å²) in [7, 11) is 0. The van der Waals surface area contributed by atoms with Crippen LogP contribution in [0.25, 0.3) is 0 Å². The van der Waals surface area contributed by atoms with Gasteiger partial charge in [-0.2, -0.15) is 0 Å². The van der Waals surface area contributed by atoms with Crippen molar-refractivity contribution in [2.75, 3.05) is 0 Å². The van der Waals surface area contributed by atoms with Gasteiger partial charge in [-0.25, -0.2) is 0 Å². The fraction of sp³-hybridized carbons (Fsp3) is 0.657. The first-order valence-corrected chi connectivity index (χ1v) is 14.9. The van der Waals surface area contributed by atoms with Crippen LogP contribution < -0.4 is 0 Å². The molecule has 0 radical (unpaired) electrons. The summed E-state index contributed by atoms with van der Waals surface area (Å²) in [5.74, 6) is 3.29. The monoisotopic (exact) mass is 476 g/mol. The molecule has 0 saturated heterocycles. The second-order valence-corrected chi connectivity index (χ2v) is 11.6. The van der Waals surface area contributed by atoms with E-state index in [1.54, 1.807) is 16.7 Å². The van der Waals surface area contributed by atoms with Crippen LogP contribution in [0.5, 0.6) is 0 Å². The van der Waals surface area contributed by atoms with Crippen molar-refractivity contribution in [3.63, 3.8) is 0 Å². The van der Waals surface area contributed by atoms with Crippen LogP contribution in [-0.2, 0) is 0 Å². The van der Waals surface area contributed by atoms with E-state index >= 15 is 0 Å². The smallest absolute Gasteiger partial charge is 0.0140 e. The van der Waals surface area contributed by atoms with E-state index in [1.165, 1.54) is 75.4 Å². The SMILES string of the molecule is C=CC1=C(/C=C\C)CCC(C2CCC3CC(/C=C4/CCC(C)CC4C)=CCC32C)=C1.CC.CCC. The van der Waals surface area contributed by atoms with Gasteiger partial charge in [0.2, 0.25) is 0 Å². The van der Waals surface area contributed by atoms with Crippen LogP contribution in [-0.4, -0.2) is 0 Å². The molecule has 0 aromatic heterocycles. The van der Waals surface area contributed by atoms with Crippen LogP contribution in [0.3, 0.4) is 0 Å². The average Bonchev–Trinajstić information content (AvgIpc) is 3.19. The zero-order chi connectivity index (χ0) is 26.0. The minimum atomic E-state index is 0.449. The van der Waals surface area contributed by atoms with Gasteiger partial charge >= 0.3 is 0 Å². The third-order valence-corrected chi connectivity index (χ3v) is 8.93. The molecule has 0 heterocycles. The quantitative estimate of drug-likeness (QED) is 0.378. The summed E-state index contributed by atoms with van der Waals surface area (Å²) in [6.07, 6.45) is 27.3. The molecule has 4 aliphatic carbocycles. The Morgan fingerprint density at radius 2 is 1.77 bits per heavy atom. The third kappa shape index (κ3) is 7.24. The highest BCUT2D eigenvalue weighted by atomic mass is 14.5. The van der Waals surface area contributed by atoms with E-state index in [0.29, 0.717) is 5.41 Å². The number of hydrogen-bond acceptors (Lipinski definition) is 0. The van der Waals surface area contributed by atoms with E-state index in [-0.39, 0.29) is 0 Å². The van der Waals surface area contributed by atoms with E-state index in [0.717, 1.165) is 23.7 Å². The van der Waals surface area contributed by atoms with E-state index in [2.05, 4.69) is 84.6 Å². The summed E-state index contributed by atoms with van der Waals surface area (Å²) in [5, 5.41) is 0. The van der Waals surface area contributed by atoms with Crippen molar-refractivity contribution in [2.24, 2.45) is 29.1 Å². The normalized spacial score (nSPS) is 33.8. The fourth-order valence-electron chi connectivity index (χ4n) is 7.02. The van der Waals surface area contributed by atoms with Gasteiger partial charge in [0, 0.05) is 0 Å². The first-order valence-electron chi connectivity index (χ1n) is 14.9. The van der Waals surface area contributed by atoms with Crippen molar-refractivity contribution in [3.05, 3.63) is 70.9 Å². The lowest BCUT2D eigenvalue weighted by molar-refractivity contribution is 0.169. The molecule has 196 valence electrons. The van der Waals surface area contributed by atoms with Gasteiger partial charge in [0.15, 0.2) is 0 Å². The fourth-order valence-corrected chi connectivity index (χ4v) is 7.02. The highest BCUT2D eigenvalue weighted by Gasteiger charge is 2.48. The second kappa shape index (κ2) is 14.2. The highest BCUT2D eigenvalue weighted by molar-refractivity contribution is 5.46. The summed E-state index contributed by atoms with van der Waals surface area (Å²) >= 11 is 0. The standard InChI is InChI=1S/C30H42.C3H8.C2H6/c1-6-8-25-11-12-27(20-24(25)7-2)29-14-13-28-19-23(15-16-30(28,29)5)18-26-10-9-21(3)17-22(26)4;1-3-2;1-2/h6-8,15,18,20-22,28-29H,2,9-14,16-17,19H2,1,3-5H3;3H2,1-2H3;1-2H3/b8-6-,26-18-;;. The van der Waals surface area contributed by atoms with Crippen LogP contribution in [0.4, 0.5) is 0 Å². The van der Waals surface area contributed by atoms with E-state index in [1.807, 2.05) is 13.8 Å². The average molecular weight is 477 g/mol. The molecular formula is C35H56. The van der Waals surface area contributed by atoms with Gasteiger partial charge in [0.1, 0.15) is 0 Å². The van der Waals surface area contributed by atoms with Gasteiger partial charge in [-0.05, 0) is 105 Å². The number of allylic oxidation sites excluding steroid dienone is 11. The summed E-state index contributed by atoms with van der Waals surface area (Å²) in [5.41, 5.74) is 8.35. The first-order chi connectivity index (χ1) is 16.9. The van der Waals surface area contributed by atoms with Gasteiger partial charge in [0.25, 0.3) is 0 Å². The molecule has 2 saturated carbocycles. The highest BCUT2D eigenvalue weighted by Crippen LogP contribution is 2.58. The summed E-state index contributed by atoms with van der Waals surface area (Å²) in [6.45, 7) is 21.9. The van der Waals surface area contributed by atoms with Crippen LogP contribution in [0.2, 0.25) is 0 Å². The molecule has 0 spiro atoms. The Hall–Kier alpha value is -1.56. The van der Waals surface area contributed by atoms with Crippen LogP contribution in [0, 0.1) is 29.1 Å². The number of fused-ring (bicyclic) bond motifs is 1. The van der Waals surface area contributed by atoms with E-state index in [4.69, 9.17) is 0 Å². The number of rotatable bonds is 4. The van der Waals surface area contributed by atoms with Gasteiger partial charge in [-0.3, -0.25) is 0 Å². The largest absolute Gasteiger partial charge is 0.0985 e. The molecule has 0 aromatic carbocycles. The molecule has 5 atom stereocenters. The lowest BCUT2D eigenvalue weighted by atomic mass is 9.63. The topological polar surface area (TPSA) is 0 Å². The molecule has 2 fully saturated rings. The van der Waals surface area contributed by atoms with Crippen LogP contribution in [0.15, 0.2) is 70.9 Å². The molecule has 0 heteroatoms. The third-order valence-electron chi connectivity index (χ3n) is 8.93. The van der Waals surface area contributed by atoms with Gasteiger partial charge in [-0.15, -0.1) is 0 Å². The minimum Gasteiger partial charge on any atom is -0.0985 e. The van der Waals surface area contributed by atoms with Crippen LogP contribution in [0.1, 0.15) is 120 Å². The van der Waals surface area contributed by atoms with Gasteiger partial charge in [0.05, 0.1) is 0 Å². The second-order valence-electron chi connectivity index (χ2n) is 11.6. The zero-order valence-electron chi connectivity index (χ0n) is 24.6. The van der Waals surface area contributed by atoms with Gasteiger partial charge < -0.3 is 0 Å². The maximum Gasteiger partial charge on any atom is -0.0140 e. The van der Waals surface area contributed by atoms with Crippen molar-refractivity contribution in [1.82, 2.24) is 0 Å². The molecule has 0 bridgehead atoms. The minimum absolute atomic E-state index is 0.449. The molecule has 0 N–H and O–H groups in total. The van der Waals surface area contributed by atoms with Crippen molar-refractivity contribution in [2.45, 2.75) is 120 Å². The summed E-state index contributed by atoms with van der Waals surface area (Å²) in [4.78, 5) is 0. The molecule has 0 aliphatic heterocycles. The number of hydrogen-bond donors (Lipinski definition) is 0.